The molecule has 23 heavy (non-hydrogen) atoms. The van der Waals surface area contributed by atoms with E-state index in [1.807, 2.05) is 13.0 Å². The van der Waals surface area contributed by atoms with Crippen LogP contribution in [0, 0.1) is 18.8 Å². The smallest absolute Gasteiger partial charge is 0.307 e. The van der Waals surface area contributed by atoms with Crippen LogP contribution < -0.4 is 10.6 Å². The molecule has 0 saturated heterocycles. The van der Waals surface area contributed by atoms with Crippen molar-refractivity contribution in [2.45, 2.75) is 26.7 Å². The fourth-order valence-electron chi connectivity index (χ4n) is 2.64. The van der Waals surface area contributed by atoms with Crippen LogP contribution in [0.15, 0.2) is 30.4 Å². The van der Waals surface area contributed by atoms with Gasteiger partial charge in [-0.05, 0) is 37.5 Å². The molecule has 1 aromatic rings. The Morgan fingerprint density at radius 3 is 2.35 bits per heavy atom. The summed E-state index contributed by atoms with van der Waals surface area (Å²) >= 11 is 0. The number of anilines is 2. The maximum absolute atomic E-state index is 12.4. The maximum Gasteiger partial charge on any atom is 0.307 e. The van der Waals surface area contributed by atoms with Crippen molar-refractivity contribution in [2.75, 3.05) is 10.6 Å². The lowest BCUT2D eigenvalue weighted by Gasteiger charge is -2.24. The first kappa shape index (κ1) is 16.7. The van der Waals surface area contributed by atoms with E-state index in [-0.39, 0.29) is 11.8 Å². The molecule has 0 spiro atoms. The Kier molecular flexibility index (Phi) is 5.16. The summed E-state index contributed by atoms with van der Waals surface area (Å²) in [5, 5.41) is 14.7. The van der Waals surface area contributed by atoms with Crippen LogP contribution in [-0.2, 0) is 14.4 Å². The van der Waals surface area contributed by atoms with Gasteiger partial charge in [0.2, 0.25) is 11.8 Å². The molecule has 0 unspecified atom stereocenters. The van der Waals surface area contributed by atoms with Crippen LogP contribution in [0.2, 0.25) is 0 Å². The van der Waals surface area contributed by atoms with E-state index in [1.165, 1.54) is 6.92 Å². The number of aliphatic carboxylic acids is 1. The molecule has 1 aliphatic rings. The Morgan fingerprint density at radius 2 is 1.74 bits per heavy atom. The SMILES string of the molecule is CC(=O)Nc1cc(NC(=O)[C@H]2CC=CC[C@@H]2C(=O)O)ccc1C. The van der Waals surface area contributed by atoms with Gasteiger partial charge >= 0.3 is 5.97 Å². The molecule has 6 heteroatoms. The Bertz CT molecular complexity index is 667. The molecule has 1 aromatic carbocycles. The molecular formula is C17H20N2O4. The molecule has 0 fully saturated rings. The van der Waals surface area contributed by atoms with E-state index < -0.39 is 17.8 Å². The highest BCUT2D eigenvalue weighted by molar-refractivity contribution is 5.97. The number of nitrogens with one attached hydrogen (secondary N) is 2. The monoisotopic (exact) mass is 316 g/mol. The number of aryl methyl sites for hydroxylation is 1. The minimum atomic E-state index is -0.961. The van der Waals surface area contributed by atoms with Crippen molar-refractivity contribution in [3.05, 3.63) is 35.9 Å². The van der Waals surface area contributed by atoms with Crippen molar-refractivity contribution in [2.24, 2.45) is 11.8 Å². The van der Waals surface area contributed by atoms with Crippen LogP contribution in [0.3, 0.4) is 0 Å². The van der Waals surface area contributed by atoms with Crippen LogP contribution in [0.5, 0.6) is 0 Å². The highest BCUT2D eigenvalue weighted by Gasteiger charge is 2.33. The molecule has 2 rings (SSSR count). The molecule has 2 amide bonds. The number of hydrogen-bond donors (Lipinski definition) is 3. The summed E-state index contributed by atoms with van der Waals surface area (Å²) < 4.78 is 0. The van der Waals surface area contributed by atoms with Gasteiger partial charge in [0.15, 0.2) is 0 Å². The highest BCUT2D eigenvalue weighted by Crippen LogP contribution is 2.28. The standard InChI is InChI=1S/C17H20N2O4/c1-10-7-8-12(9-15(10)18-11(2)20)19-16(21)13-5-3-4-6-14(13)17(22)23/h3-4,7-9,13-14H,5-6H2,1-2H3,(H,18,20)(H,19,21)(H,22,23)/t13-,14-/m0/s1. The molecule has 0 saturated carbocycles. The maximum atomic E-state index is 12.4. The van der Waals surface area contributed by atoms with Crippen molar-refractivity contribution >= 4 is 29.2 Å². The van der Waals surface area contributed by atoms with E-state index in [9.17, 15) is 19.5 Å². The molecule has 0 aliphatic heterocycles. The normalized spacial score (nSPS) is 19.9. The molecule has 3 N–H and O–H groups in total. The van der Waals surface area contributed by atoms with Gasteiger partial charge < -0.3 is 15.7 Å². The third-order valence-corrected chi connectivity index (χ3v) is 3.90. The molecule has 0 radical (unpaired) electrons. The van der Waals surface area contributed by atoms with E-state index in [2.05, 4.69) is 10.6 Å². The number of amides is 2. The number of hydrogen-bond acceptors (Lipinski definition) is 3. The Hall–Kier alpha value is -2.63. The summed E-state index contributed by atoms with van der Waals surface area (Å²) in [7, 11) is 0. The van der Waals surface area contributed by atoms with Crippen LogP contribution in [-0.4, -0.2) is 22.9 Å². The van der Waals surface area contributed by atoms with E-state index in [1.54, 1.807) is 24.3 Å². The molecular weight excluding hydrogens is 296 g/mol. The summed E-state index contributed by atoms with van der Waals surface area (Å²) in [6, 6.07) is 5.19. The minimum Gasteiger partial charge on any atom is -0.481 e. The Morgan fingerprint density at radius 1 is 1.09 bits per heavy atom. The van der Waals surface area contributed by atoms with Crippen LogP contribution in [0.4, 0.5) is 11.4 Å². The van der Waals surface area contributed by atoms with E-state index in [0.717, 1.165) is 5.56 Å². The van der Waals surface area contributed by atoms with E-state index in [0.29, 0.717) is 24.2 Å². The number of carbonyl (C=O) groups excluding carboxylic acids is 2. The van der Waals surface area contributed by atoms with Crippen LogP contribution in [0.25, 0.3) is 0 Å². The van der Waals surface area contributed by atoms with E-state index in [4.69, 9.17) is 0 Å². The van der Waals surface area contributed by atoms with Gasteiger partial charge in [-0.1, -0.05) is 18.2 Å². The van der Waals surface area contributed by atoms with E-state index >= 15 is 0 Å². The fraction of sp³-hybridized carbons (Fsp3) is 0.353. The lowest BCUT2D eigenvalue weighted by Crippen LogP contribution is -2.34. The molecule has 0 bridgehead atoms. The number of allylic oxidation sites excluding steroid dienone is 2. The van der Waals surface area contributed by atoms with Crippen molar-refractivity contribution in [1.29, 1.82) is 0 Å². The average molecular weight is 316 g/mol. The number of rotatable bonds is 4. The third-order valence-electron chi connectivity index (χ3n) is 3.90. The summed E-state index contributed by atoms with van der Waals surface area (Å²) in [4.78, 5) is 34.9. The average Bonchev–Trinajstić information content (AvgIpc) is 2.50. The predicted octanol–water partition coefficient (Wildman–Crippen LogP) is 2.56. The zero-order valence-electron chi connectivity index (χ0n) is 13.1. The van der Waals surface area contributed by atoms with Gasteiger partial charge in [-0.15, -0.1) is 0 Å². The van der Waals surface area contributed by atoms with Gasteiger partial charge in [-0.2, -0.15) is 0 Å². The van der Waals surface area contributed by atoms with Crippen molar-refractivity contribution in [3.63, 3.8) is 0 Å². The molecule has 1 aliphatic carbocycles. The first-order valence-corrected chi connectivity index (χ1v) is 7.45. The van der Waals surface area contributed by atoms with Gasteiger partial charge in [-0.25, -0.2) is 0 Å². The summed E-state index contributed by atoms with van der Waals surface area (Å²) in [6.07, 6.45) is 4.40. The zero-order chi connectivity index (χ0) is 17.0. The first-order chi connectivity index (χ1) is 10.9. The van der Waals surface area contributed by atoms with Gasteiger partial charge in [0.05, 0.1) is 11.8 Å². The molecule has 122 valence electrons. The number of carboxylic acid groups (broad SMARTS) is 1. The predicted molar refractivity (Wildman–Crippen MR) is 87.1 cm³/mol. The second kappa shape index (κ2) is 7.09. The fourth-order valence-corrected chi connectivity index (χ4v) is 2.64. The Balaban J connectivity index is 2.15. The highest BCUT2D eigenvalue weighted by atomic mass is 16.4. The number of benzene rings is 1. The zero-order valence-corrected chi connectivity index (χ0v) is 13.1. The van der Waals surface area contributed by atoms with Gasteiger partial charge in [-0.3, -0.25) is 14.4 Å². The quantitative estimate of drug-likeness (QED) is 0.744. The third kappa shape index (κ3) is 4.18. The molecule has 0 heterocycles. The van der Waals surface area contributed by atoms with Gasteiger partial charge in [0, 0.05) is 18.3 Å². The summed E-state index contributed by atoms with van der Waals surface area (Å²) in [5.41, 5.74) is 2.03. The van der Waals surface area contributed by atoms with Crippen LogP contribution in [0.1, 0.15) is 25.3 Å². The van der Waals surface area contributed by atoms with Crippen molar-refractivity contribution in [3.8, 4) is 0 Å². The topological polar surface area (TPSA) is 95.5 Å². The molecule has 6 nitrogen and oxygen atoms in total. The van der Waals surface area contributed by atoms with Gasteiger partial charge in [0.1, 0.15) is 0 Å². The van der Waals surface area contributed by atoms with Crippen molar-refractivity contribution < 1.29 is 19.5 Å². The molecule has 0 aromatic heterocycles. The van der Waals surface area contributed by atoms with Gasteiger partial charge in [0.25, 0.3) is 0 Å². The Labute approximate surface area is 134 Å². The summed E-state index contributed by atoms with van der Waals surface area (Å²) in [5.74, 6) is -2.78. The lowest BCUT2D eigenvalue weighted by molar-refractivity contribution is -0.146. The first-order valence-electron chi connectivity index (χ1n) is 7.45. The summed E-state index contributed by atoms with van der Waals surface area (Å²) in [6.45, 7) is 3.26. The number of carbonyl (C=O) groups is 3. The largest absolute Gasteiger partial charge is 0.481 e. The van der Waals surface area contributed by atoms with Crippen LogP contribution >= 0.6 is 0 Å². The minimum absolute atomic E-state index is 0.195. The number of carboxylic acids is 1. The second-order valence-corrected chi connectivity index (χ2v) is 5.69. The molecule has 2 atom stereocenters. The van der Waals surface area contributed by atoms with Crippen molar-refractivity contribution in [1.82, 2.24) is 0 Å². The lowest BCUT2D eigenvalue weighted by atomic mass is 9.82. The second-order valence-electron chi connectivity index (χ2n) is 5.69.